The molecule has 1 aromatic rings. The number of nitrogens with one attached hydrogen (secondary N) is 1. The number of alkyl halides is 3. The van der Waals surface area contributed by atoms with Gasteiger partial charge in [0.05, 0.1) is 18.1 Å². The number of nitrogens with zero attached hydrogens (tertiary/aromatic N) is 1. The topological polar surface area (TPSA) is 58.6 Å². The van der Waals surface area contributed by atoms with E-state index in [2.05, 4.69) is 5.32 Å². The number of hydrogen-bond donors (Lipinski definition) is 1. The van der Waals surface area contributed by atoms with E-state index in [9.17, 15) is 22.8 Å². The smallest absolute Gasteiger partial charge is 0.471 e. The summed E-state index contributed by atoms with van der Waals surface area (Å²) in [6.45, 7) is -0.259. The molecule has 0 saturated carbocycles. The van der Waals surface area contributed by atoms with Crippen molar-refractivity contribution in [3.8, 4) is 5.75 Å². The highest BCUT2D eigenvalue weighted by Gasteiger charge is 2.44. The lowest BCUT2D eigenvalue weighted by Crippen LogP contribution is -2.48. The Morgan fingerprint density at radius 1 is 1.38 bits per heavy atom. The van der Waals surface area contributed by atoms with Crippen molar-refractivity contribution in [3.63, 3.8) is 0 Å². The minimum atomic E-state index is -4.93. The number of ether oxygens (including phenoxy) is 1. The molecule has 1 aliphatic rings. The van der Waals surface area contributed by atoms with Gasteiger partial charge in [0.2, 0.25) is 5.91 Å². The molecule has 5 nitrogen and oxygen atoms in total. The third-order valence-electron chi connectivity index (χ3n) is 3.74. The van der Waals surface area contributed by atoms with E-state index >= 15 is 0 Å². The second kappa shape index (κ2) is 7.29. The van der Waals surface area contributed by atoms with Crippen LogP contribution >= 0.6 is 11.6 Å². The zero-order valence-electron chi connectivity index (χ0n) is 12.8. The van der Waals surface area contributed by atoms with Gasteiger partial charge in [-0.3, -0.25) is 9.59 Å². The number of carbonyl (C=O) groups excluding carboxylic acids is 2. The van der Waals surface area contributed by atoms with Crippen LogP contribution in [0.3, 0.4) is 0 Å². The van der Waals surface area contributed by atoms with Gasteiger partial charge in [0.1, 0.15) is 5.75 Å². The van der Waals surface area contributed by atoms with Crippen molar-refractivity contribution < 1.29 is 27.5 Å². The van der Waals surface area contributed by atoms with Crippen molar-refractivity contribution >= 4 is 29.1 Å². The van der Waals surface area contributed by atoms with E-state index in [1.807, 2.05) is 0 Å². The normalized spacial score (nSPS) is 18.2. The Kier molecular flexibility index (Phi) is 5.58. The monoisotopic (exact) mass is 364 g/mol. The van der Waals surface area contributed by atoms with Crippen LogP contribution in [0, 0.1) is 5.92 Å². The molecule has 1 unspecified atom stereocenters. The van der Waals surface area contributed by atoms with E-state index in [1.54, 1.807) is 12.1 Å². The lowest BCUT2D eigenvalue weighted by atomic mass is 9.97. The van der Waals surface area contributed by atoms with Gasteiger partial charge in [0.25, 0.3) is 0 Å². The third kappa shape index (κ3) is 4.31. The molecular formula is C15H16ClF3N2O3. The fraction of sp³-hybridized carbons (Fsp3) is 0.467. The standard InChI is InChI=1S/C15H16ClF3N2O3/c1-24-12-5-4-10(7-11(12)16)20-13(22)9-3-2-6-21(8-9)14(23)15(17,18)19/h4-5,7,9H,2-3,6,8H2,1H3,(H,20,22). The summed E-state index contributed by atoms with van der Waals surface area (Å²) < 4.78 is 42.5. The molecular weight excluding hydrogens is 349 g/mol. The maximum atomic E-state index is 12.5. The number of anilines is 1. The van der Waals surface area contributed by atoms with Crippen LogP contribution < -0.4 is 10.1 Å². The lowest BCUT2D eigenvalue weighted by molar-refractivity contribution is -0.187. The van der Waals surface area contributed by atoms with Crippen molar-refractivity contribution in [1.29, 1.82) is 0 Å². The van der Waals surface area contributed by atoms with Gasteiger partial charge in [-0.2, -0.15) is 13.2 Å². The first-order valence-corrected chi connectivity index (χ1v) is 7.60. The van der Waals surface area contributed by atoms with Crippen molar-refractivity contribution in [2.75, 3.05) is 25.5 Å². The van der Waals surface area contributed by atoms with E-state index < -0.39 is 23.9 Å². The Morgan fingerprint density at radius 2 is 2.08 bits per heavy atom. The summed E-state index contributed by atoms with van der Waals surface area (Å²) in [6, 6.07) is 4.63. The number of benzene rings is 1. The molecule has 0 radical (unpaired) electrons. The summed E-state index contributed by atoms with van der Waals surface area (Å²) in [5.41, 5.74) is 0.407. The first kappa shape index (κ1) is 18.4. The number of carbonyl (C=O) groups is 2. The molecule has 0 bridgehead atoms. The number of piperidine rings is 1. The molecule has 1 fully saturated rings. The van der Waals surface area contributed by atoms with Crippen molar-refractivity contribution in [3.05, 3.63) is 23.2 Å². The van der Waals surface area contributed by atoms with Gasteiger partial charge in [-0.05, 0) is 31.0 Å². The third-order valence-corrected chi connectivity index (χ3v) is 4.04. The summed E-state index contributed by atoms with van der Waals surface area (Å²) >= 11 is 5.96. The van der Waals surface area contributed by atoms with Gasteiger partial charge in [0.15, 0.2) is 0 Å². The van der Waals surface area contributed by atoms with Crippen molar-refractivity contribution in [2.24, 2.45) is 5.92 Å². The molecule has 9 heteroatoms. The second-order valence-electron chi connectivity index (χ2n) is 5.43. The van der Waals surface area contributed by atoms with Gasteiger partial charge >= 0.3 is 12.1 Å². The number of methoxy groups -OCH3 is 1. The van der Waals surface area contributed by atoms with Crippen LogP contribution in [-0.2, 0) is 9.59 Å². The minimum Gasteiger partial charge on any atom is -0.495 e. The number of amides is 2. The average Bonchev–Trinajstić information content (AvgIpc) is 2.53. The highest BCUT2D eigenvalue weighted by Crippen LogP contribution is 2.28. The van der Waals surface area contributed by atoms with Crippen LogP contribution in [0.5, 0.6) is 5.75 Å². The van der Waals surface area contributed by atoms with Gasteiger partial charge < -0.3 is 15.0 Å². The van der Waals surface area contributed by atoms with Crippen LogP contribution in [0.25, 0.3) is 0 Å². The predicted octanol–water partition coefficient (Wildman–Crippen LogP) is 3.09. The molecule has 1 aromatic carbocycles. The average molecular weight is 365 g/mol. The summed E-state index contributed by atoms with van der Waals surface area (Å²) in [5.74, 6) is -2.62. The Labute approximate surface area is 141 Å². The molecule has 1 N–H and O–H groups in total. The highest BCUT2D eigenvalue weighted by atomic mass is 35.5. The van der Waals surface area contributed by atoms with Crippen LogP contribution in [0.15, 0.2) is 18.2 Å². The van der Waals surface area contributed by atoms with E-state index in [0.717, 1.165) is 0 Å². The zero-order valence-corrected chi connectivity index (χ0v) is 13.6. The van der Waals surface area contributed by atoms with E-state index in [1.165, 1.54) is 13.2 Å². The van der Waals surface area contributed by atoms with E-state index in [-0.39, 0.29) is 13.1 Å². The molecule has 2 amide bonds. The highest BCUT2D eigenvalue weighted by molar-refractivity contribution is 6.32. The van der Waals surface area contributed by atoms with Gasteiger partial charge in [0, 0.05) is 18.8 Å². The molecule has 0 aliphatic carbocycles. The van der Waals surface area contributed by atoms with E-state index in [0.29, 0.717) is 34.2 Å². The molecule has 132 valence electrons. The summed E-state index contributed by atoms with van der Waals surface area (Å²) in [6.07, 6.45) is -4.18. The molecule has 1 aliphatic heterocycles. The molecule has 2 rings (SSSR count). The quantitative estimate of drug-likeness (QED) is 0.896. The van der Waals surface area contributed by atoms with E-state index in [4.69, 9.17) is 16.3 Å². The van der Waals surface area contributed by atoms with Crippen molar-refractivity contribution in [2.45, 2.75) is 19.0 Å². The maximum Gasteiger partial charge on any atom is 0.471 e. The Bertz CT molecular complexity index is 637. The predicted molar refractivity (Wildman–Crippen MR) is 82.0 cm³/mol. The molecule has 1 atom stereocenters. The number of hydrogen-bond acceptors (Lipinski definition) is 3. The van der Waals surface area contributed by atoms with Crippen LogP contribution in [-0.4, -0.2) is 43.1 Å². The number of rotatable bonds is 3. The minimum absolute atomic E-state index is 0.00348. The Hall–Kier alpha value is -1.96. The summed E-state index contributed by atoms with van der Waals surface area (Å²) in [5, 5.41) is 2.90. The first-order valence-electron chi connectivity index (χ1n) is 7.23. The van der Waals surface area contributed by atoms with Crippen molar-refractivity contribution in [1.82, 2.24) is 4.90 Å². The summed E-state index contributed by atoms with van der Waals surface area (Å²) in [7, 11) is 1.45. The fourth-order valence-corrected chi connectivity index (χ4v) is 2.80. The number of halogens is 4. The second-order valence-corrected chi connectivity index (χ2v) is 5.83. The van der Waals surface area contributed by atoms with Crippen LogP contribution in [0.4, 0.5) is 18.9 Å². The molecule has 0 spiro atoms. The van der Waals surface area contributed by atoms with Crippen LogP contribution in [0.2, 0.25) is 5.02 Å². The first-order chi connectivity index (χ1) is 11.2. The molecule has 0 aromatic heterocycles. The largest absolute Gasteiger partial charge is 0.495 e. The maximum absolute atomic E-state index is 12.5. The lowest BCUT2D eigenvalue weighted by Gasteiger charge is -2.32. The zero-order chi connectivity index (χ0) is 17.9. The van der Waals surface area contributed by atoms with Gasteiger partial charge in [-0.15, -0.1) is 0 Å². The fourth-order valence-electron chi connectivity index (χ4n) is 2.54. The van der Waals surface area contributed by atoms with Gasteiger partial charge in [-0.25, -0.2) is 0 Å². The Balaban J connectivity index is 2.02. The summed E-state index contributed by atoms with van der Waals surface area (Å²) in [4.78, 5) is 24.2. The van der Waals surface area contributed by atoms with Gasteiger partial charge in [-0.1, -0.05) is 11.6 Å². The Morgan fingerprint density at radius 3 is 2.67 bits per heavy atom. The molecule has 1 heterocycles. The molecule has 1 saturated heterocycles. The SMILES string of the molecule is COc1ccc(NC(=O)C2CCCN(C(=O)C(F)(F)F)C2)cc1Cl. The molecule has 24 heavy (non-hydrogen) atoms. The number of likely N-dealkylation sites (tertiary alicyclic amines) is 1. The van der Waals surface area contributed by atoms with Crippen LogP contribution in [0.1, 0.15) is 12.8 Å².